The van der Waals surface area contributed by atoms with Crippen molar-refractivity contribution in [3.05, 3.63) is 107 Å². The first-order valence-electron chi connectivity index (χ1n) is 14.2. The van der Waals surface area contributed by atoms with Crippen molar-refractivity contribution in [2.45, 2.75) is 49.6 Å². The van der Waals surface area contributed by atoms with Gasteiger partial charge in [-0.15, -0.1) is 0 Å². The van der Waals surface area contributed by atoms with Gasteiger partial charge in [0.15, 0.2) is 11.4 Å². The summed E-state index contributed by atoms with van der Waals surface area (Å²) in [7, 11) is 1.29. The number of rotatable bonds is 11. The lowest BCUT2D eigenvalue weighted by molar-refractivity contribution is -0.268. The molecule has 0 spiro atoms. The number of hydrogen-bond donors (Lipinski definition) is 4. The Kier molecular flexibility index (Phi) is 10.6. The van der Waals surface area contributed by atoms with E-state index in [-0.39, 0.29) is 24.7 Å². The number of nitrogens with one attached hydrogen (secondary N) is 3. The van der Waals surface area contributed by atoms with E-state index in [0.29, 0.717) is 23.0 Å². The second-order valence-corrected chi connectivity index (χ2v) is 11.4. The molecule has 12 heteroatoms. The lowest BCUT2D eigenvalue weighted by atomic mass is 9.91. The first-order chi connectivity index (χ1) is 21.4. The number of carbonyl (C=O) groups excluding carboxylic acids is 2. The summed E-state index contributed by atoms with van der Waals surface area (Å²) >= 11 is 1.53. The maximum absolute atomic E-state index is 12.8. The van der Waals surface area contributed by atoms with Gasteiger partial charge in [0, 0.05) is 29.3 Å². The number of methoxy groups -OCH3 is 1. The predicted molar refractivity (Wildman–Crippen MR) is 165 cm³/mol. The molecule has 1 aliphatic heterocycles. The highest BCUT2D eigenvalue weighted by atomic mass is 32.2. The molecule has 44 heavy (non-hydrogen) atoms. The molecule has 1 saturated heterocycles. The summed E-state index contributed by atoms with van der Waals surface area (Å²) < 4.78 is 17.8. The molecular formula is C32H35N5O6S. The number of aromatic nitrogens is 3. The first-order valence-corrected chi connectivity index (χ1v) is 15.2. The average Bonchev–Trinajstić information content (AvgIpc) is 3.58. The molecule has 0 aliphatic carbocycles. The van der Waals surface area contributed by atoms with Crippen LogP contribution >= 0.6 is 11.8 Å². The minimum atomic E-state index is -0.845. The van der Waals surface area contributed by atoms with Crippen molar-refractivity contribution in [2.75, 3.05) is 18.2 Å². The number of carbonyl (C=O) groups is 2. The van der Waals surface area contributed by atoms with Crippen LogP contribution in [0.5, 0.6) is 0 Å². The van der Waals surface area contributed by atoms with Crippen molar-refractivity contribution in [3.8, 4) is 0 Å². The summed E-state index contributed by atoms with van der Waals surface area (Å²) in [5.74, 6) is 0.118. The number of anilines is 1. The van der Waals surface area contributed by atoms with Gasteiger partial charge in [-0.2, -0.15) is 5.10 Å². The third kappa shape index (κ3) is 8.03. The van der Waals surface area contributed by atoms with Crippen molar-refractivity contribution >= 4 is 29.4 Å². The summed E-state index contributed by atoms with van der Waals surface area (Å²) in [5.41, 5.74) is 4.03. The van der Waals surface area contributed by atoms with Gasteiger partial charge in [0.25, 0.3) is 0 Å². The van der Waals surface area contributed by atoms with E-state index in [2.05, 4.69) is 32.7 Å². The number of aliphatic hydroxyl groups is 1. The topological polar surface area (TPSA) is 148 Å². The second-order valence-electron chi connectivity index (χ2n) is 10.4. The molecule has 5 atom stereocenters. The van der Waals surface area contributed by atoms with E-state index in [1.807, 2.05) is 66.7 Å². The molecule has 2 heterocycles. The molecule has 4 aromatic rings. The maximum atomic E-state index is 12.8. The number of esters is 1. The van der Waals surface area contributed by atoms with Crippen molar-refractivity contribution in [3.63, 3.8) is 0 Å². The van der Waals surface area contributed by atoms with Gasteiger partial charge in [-0.1, -0.05) is 85.4 Å². The van der Waals surface area contributed by atoms with E-state index in [9.17, 15) is 14.7 Å². The number of benzene rings is 3. The monoisotopic (exact) mass is 617 g/mol. The van der Waals surface area contributed by atoms with Gasteiger partial charge in [-0.25, -0.2) is 14.6 Å². The van der Waals surface area contributed by atoms with Crippen molar-refractivity contribution in [1.29, 1.82) is 0 Å². The van der Waals surface area contributed by atoms with Crippen LogP contribution in [0.25, 0.3) is 0 Å². The summed E-state index contributed by atoms with van der Waals surface area (Å²) in [5, 5.41) is 22.5. The number of aromatic amines is 1. The number of ether oxygens (including phenoxy) is 3. The Morgan fingerprint density at radius 1 is 1.00 bits per heavy atom. The van der Waals surface area contributed by atoms with E-state index in [1.165, 1.54) is 25.2 Å². The Balaban J connectivity index is 1.27. The Hall–Kier alpha value is -4.23. The van der Waals surface area contributed by atoms with Crippen LogP contribution in [0.3, 0.4) is 0 Å². The van der Waals surface area contributed by atoms with Gasteiger partial charge in [0.05, 0.1) is 25.9 Å². The number of urea groups is 1. The fourth-order valence-electron chi connectivity index (χ4n) is 4.97. The fourth-order valence-corrected chi connectivity index (χ4v) is 5.91. The summed E-state index contributed by atoms with van der Waals surface area (Å²) in [4.78, 5) is 29.3. The van der Waals surface area contributed by atoms with Gasteiger partial charge in [0.2, 0.25) is 0 Å². The normalized spacial score (nSPS) is 20.4. The van der Waals surface area contributed by atoms with Gasteiger partial charge < -0.3 is 30.0 Å². The minimum absolute atomic E-state index is 0.0185. The maximum Gasteiger partial charge on any atom is 0.328 e. The van der Waals surface area contributed by atoms with Gasteiger partial charge in [0.1, 0.15) is 12.4 Å². The lowest BCUT2D eigenvalue weighted by Crippen LogP contribution is -2.45. The molecular weight excluding hydrogens is 582 g/mol. The first kappa shape index (κ1) is 31.2. The number of hydrogen-bond acceptors (Lipinski definition) is 9. The molecule has 4 N–H and O–H groups in total. The van der Waals surface area contributed by atoms with Gasteiger partial charge in [-0.05, 0) is 28.8 Å². The highest BCUT2D eigenvalue weighted by Gasteiger charge is 2.38. The Labute approximate surface area is 259 Å². The Morgan fingerprint density at radius 3 is 2.39 bits per heavy atom. The van der Waals surface area contributed by atoms with Crippen LogP contribution < -0.4 is 10.6 Å². The van der Waals surface area contributed by atoms with Crippen LogP contribution in [-0.4, -0.2) is 57.3 Å². The Morgan fingerprint density at radius 2 is 1.73 bits per heavy atom. The molecule has 5 rings (SSSR count). The molecule has 230 valence electrons. The Bertz CT molecular complexity index is 1490. The number of amides is 2. The van der Waals surface area contributed by atoms with Crippen molar-refractivity contribution in [2.24, 2.45) is 5.92 Å². The standard InChI is InChI=1S/C32H35N5O6S/c1-20-27(18-44-32-33-19-34-37-32)42-30(43-28(20)23-10-8-22(17-38)9-11-23)24-12-14-25(15-13-24)35-31(40)36-26(29(39)41-2)16-21-6-4-3-5-7-21/h3-15,19-20,26-28,30,38H,16-18H2,1-2H3,(H,33,34,37)(H2,35,36,40)/t20-,26-,27+,28+,30+/m0/s1. The second kappa shape index (κ2) is 15.0. The zero-order chi connectivity index (χ0) is 30.9. The van der Waals surface area contributed by atoms with Crippen LogP contribution in [0, 0.1) is 5.92 Å². The quantitative estimate of drug-likeness (QED) is 0.138. The molecule has 3 aromatic carbocycles. The highest BCUT2D eigenvalue weighted by molar-refractivity contribution is 7.99. The third-order valence-corrected chi connectivity index (χ3v) is 8.38. The van der Waals surface area contributed by atoms with Gasteiger partial charge in [-0.3, -0.25) is 5.10 Å². The van der Waals surface area contributed by atoms with Crippen LogP contribution in [0.15, 0.2) is 90.3 Å². The smallest absolute Gasteiger partial charge is 0.328 e. The summed E-state index contributed by atoms with van der Waals surface area (Å²) in [6.07, 6.45) is 0.681. The molecule has 2 amide bonds. The molecule has 1 aliphatic rings. The summed E-state index contributed by atoms with van der Waals surface area (Å²) in [6.45, 7) is 2.07. The zero-order valence-corrected chi connectivity index (χ0v) is 25.2. The fraction of sp³-hybridized carbons (Fsp3) is 0.312. The molecule has 11 nitrogen and oxygen atoms in total. The third-order valence-electron chi connectivity index (χ3n) is 7.42. The molecule has 0 bridgehead atoms. The minimum Gasteiger partial charge on any atom is -0.467 e. The summed E-state index contributed by atoms with van der Waals surface area (Å²) in [6, 6.07) is 23.0. The molecule has 0 saturated carbocycles. The zero-order valence-electron chi connectivity index (χ0n) is 24.4. The SMILES string of the molecule is COC(=O)[C@H](Cc1ccccc1)NC(=O)Nc1ccc([C@@H]2O[C@H](CSc3ncn[nH]3)[C@H](C)[C@H](c3ccc(CO)cc3)O2)cc1. The van der Waals surface area contributed by atoms with Crippen LogP contribution in [-0.2, 0) is 32.0 Å². The highest BCUT2D eigenvalue weighted by Crippen LogP contribution is 2.42. The van der Waals surface area contributed by atoms with E-state index in [4.69, 9.17) is 14.2 Å². The molecule has 1 fully saturated rings. The van der Waals surface area contributed by atoms with E-state index >= 15 is 0 Å². The van der Waals surface area contributed by atoms with Crippen molar-refractivity contribution < 1.29 is 28.9 Å². The van der Waals surface area contributed by atoms with E-state index < -0.39 is 24.3 Å². The van der Waals surface area contributed by atoms with E-state index in [0.717, 1.165) is 22.3 Å². The molecule has 1 aromatic heterocycles. The number of thioether (sulfide) groups is 1. The number of nitrogens with zero attached hydrogens (tertiary/aromatic N) is 2. The molecule has 0 unspecified atom stereocenters. The average molecular weight is 618 g/mol. The van der Waals surface area contributed by atoms with Crippen LogP contribution in [0.1, 0.15) is 41.6 Å². The largest absolute Gasteiger partial charge is 0.467 e. The van der Waals surface area contributed by atoms with Gasteiger partial charge >= 0.3 is 12.0 Å². The van der Waals surface area contributed by atoms with E-state index in [1.54, 1.807) is 12.1 Å². The number of aliphatic hydroxyl groups excluding tert-OH is 1. The van der Waals surface area contributed by atoms with Crippen molar-refractivity contribution in [1.82, 2.24) is 20.5 Å². The van der Waals surface area contributed by atoms with Crippen LogP contribution in [0.4, 0.5) is 10.5 Å². The predicted octanol–water partition coefficient (Wildman–Crippen LogP) is 4.79. The lowest BCUT2D eigenvalue weighted by Gasteiger charge is -2.41. The number of H-pyrrole nitrogens is 1. The molecule has 0 radical (unpaired) electrons. The van der Waals surface area contributed by atoms with Crippen LogP contribution in [0.2, 0.25) is 0 Å².